The molecule has 3 rings (SSSR count). The molecule has 0 bridgehead atoms. The van der Waals surface area contributed by atoms with Crippen molar-refractivity contribution in [3.8, 4) is 0 Å². The maximum atomic E-state index is 10.2. The lowest BCUT2D eigenvalue weighted by Crippen LogP contribution is -2.11. The first kappa shape index (κ1) is 12.3. The zero-order valence-electron chi connectivity index (χ0n) is 10.1. The molecule has 0 spiro atoms. The lowest BCUT2D eigenvalue weighted by molar-refractivity contribution is 0.146. The molecular weight excluding hydrogens is 306 g/mol. The second kappa shape index (κ2) is 5.11. The van der Waals surface area contributed by atoms with Crippen molar-refractivity contribution < 1.29 is 5.11 Å². The first-order valence-corrected chi connectivity index (χ1v) is 6.75. The normalized spacial score (nSPS) is 12.7. The fraction of sp³-hybridized carbons (Fsp3) is 0.143. The molecular formula is C14H12BrN3O. The highest BCUT2D eigenvalue weighted by Crippen LogP contribution is 2.19. The average molecular weight is 318 g/mol. The first-order valence-electron chi connectivity index (χ1n) is 5.96. The predicted molar refractivity (Wildman–Crippen MR) is 76.6 cm³/mol. The molecule has 96 valence electrons. The van der Waals surface area contributed by atoms with Crippen molar-refractivity contribution >= 4 is 27.0 Å². The fourth-order valence-electron chi connectivity index (χ4n) is 1.96. The predicted octanol–water partition coefficient (Wildman–Crippen LogP) is 2.93. The Morgan fingerprint density at radius 2 is 1.74 bits per heavy atom. The third-order valence-corrected chi connectivity index (χ3v) is 3.39. The molecule has 0 saturated heterocycles. The Balaban J connectivity index is 1.84. The molecule has 5 heteroatoms. The highest BCUT2D eigenvalue weighted by atomic mass is 79.9. The quantitative estimate of drug-likeness (QED) is 0.808. The third kappa shape index (κ3) is 2.67. The molecule has 0 fully saturated rings. The summed E-state index contributed by atoms with van der Waals surface area (Å²) in [6, 6.07) is 15.3. The fourth-order valence-corrected chi connectivity index (χ4v) is 2.38. The summed E-state index contributed by atoms with van der Waals surface area (Å²) < 4.78 is 0.947. The number of benzene rings is 2. The van der Waals surface area contributed by atoms with E-state index >= 15 is 0 Å². The Labute approximate surface area is 118 Å². The Kier molecular flexibility index (Phi) is 3.31. The third-order valence-electron chi connectivity index (χ3n) is 2.90. The van der Waals surface area contributed by atoms with Crippen LogP contribution in [-0.2, 0) is 6.54 Å². The van der Waals surface area contributed by atoms with Gasteiger partial charge in [0, 0.05) is 4.47 Å². The van der Waals surface area contributed by atoms with Gasteiger partial charge in [-0.1, -0.05) is 40.2 Å². The van der Waals surface area contributed by atoms with Crippen molar-refractivity contribution in [2.45, 2.75) is 12.6 Å². The number of rotatable bonds is 3. The van der Waals surface area contributed by atoms with Crippen LogP contribution in [0.2, 0.25) is 0 Å². The Bertz CT molecular complexity index is 677. The minimum atomic E-state index is -0.626. The summed E-state index contributed by atoms with van der Waals surface area (Å²) in [6.07, 6.45) is -0.626. The average Bonchev–Trinajstić information content (AvgIpc) is 2.80. The van der Waals surface area contributed by atoms with E-state index in [4.69, 9.17) is 0 Å². The largest absolute Gasteiger partial charge is 0.386 e. The van der Waals surface area contributed by atoms with Gasteiger partial charge < -0.3 is 5.11 Å². The zero-order valence-corrected chi connectivity index (χ0v) is 11.7. The molecule has 3 aromatic rings. The highest BCUT2D eigenvalue weighted by Gasteiger charge is 2.11. The Morgan fingerprint density at radius 3 is 2.37 bits per heavy atom. The molecule has 19 heavy (non-hydrogen) atoms. The number of halogens is 1. The van der Waals surface area contributed by atoms with Crippen molar-refractivity contribution in [2.24, 2.45) is 0 Å². The van der Waals surface area contributed by atoms with Crippen molar-refractivity contribution in [2.75, 3.05) is 0 Å². The number of hydrogen-bond acceptors (Lipinski definition) is 3. The van der Waals surface area contributed by atoms with Gasteiger partial charge in [-0.3, -0.25) is 0 Å². The molecule has 0 aliphatic heterocycles. The summed E-state index contributed by atoms with van der Waals surface area (Å²) >= 11 is 3.39. The van der Waals surface area contributed by atoms with Gasteiger partial charge in [0.1, 0.15) is 17.1 Å². The topological polar surface area (TPSA) is 50.9 Å². The minimum Gasteiger partial charge on any atom is -0.386 e. The van der Waals surface area contributed by atoms with Gasteiger partial charge in [-0.15, -0.1) is 0 Å². The SMILES string of the molecule is O[C@@H](Cn1nc2ccccc2n1)c1cccc(Br)c1. The van der Waals surface area contributed by atoms with E-state index in [-0.39, 0.29) is 0 Å². The maximum absolute atomic E-state index is 10.2. The van der Waals surface area contributed by atoms with Gasteiger partial charge in [0.2, 0.25) is 0 Å². The molecule has 2 aromatic carbocycles. The van der Waals surface area contributed by atoms with Crippen molar-refractivity contribution in [1.82, 2.24) is 15.0 Å². The van der Waals surface area contributed by atoms with Crippen molar-refractivity contribution in [3.05, 3.63) is 58.6 Å². The molecule has 1 heterocycles. The second-order valence-corrected chi connectivity index (χ2v) is 5.23. The second-order valence-electron chi connectivity index (χ2n) is 4.31. The summed E-state index contributed by atoms with van der Waals surface area (Å²) in [5, 5.41) is 18.9. The van der Waals surface area contributed by atoms with Gasteiger partial charge in [-0.25, -0.2) is 0 Å². The van der Waals surface area contributed by atoms with E-state index in [0.29, 0.717) is 6.54 Å². The van der Waals surface area contributed by atoms with E-state index in [1.54, 1.807) is 0 Å². The van der Waals surface area contributed by atoms with Crippen molar-refractivity contribution in [3.63, 3.8) is 0 Å². The molecule has 0 saturated carbocycles. The van der Waals surface area contributed by atoms with Crippen LogP contribution in [0.15, 0.2) is 53.0 Å². The van der Waals surface area contributed by atoms with E-state index < -0.39 is 6.10 Å². The number of nitrogens with zero attached hydrogens (tertiary/aromatic N) is 3. The number of aliphatic hydroxyl groups excluding tert-OH is 1. The lowest BCUT2D eigenvalue weighted by atomic mass is 10.1. The molecule has 0 aliphatic rings. The van der Waals surface area contributed by atoms with Gasteiger partial charge in [0.05, 0.1) is 6.54 Å². The maximum Gasteiger partial charge on any atom is 0.113 e. The molecule has 0 aliphatic carbocycles. The van der Waals surface area contributed by atoms with Gasteiger partial charge in [0.25, 0.3) is 0 Å². The van der Waals surface area contributed by atoms with E-state index in [2.05, 4.69) is 26.1 Å². The molecule has 0 amide bonds. The smallest absolute Gasteiger partial charge is 0.113 e. The van der Waals surface area contributed by atoms with E-state index in [1.807, 2.05) is 48.5 Å². The van der Waals surface area contributed by atoms with Crippen LogP contribution in [0.4, 0.5) is 0 Å². The van der Waals surface area contributed by atoms with Gasteiger partial charge in [-0.2, -0.15) is 15.0 Å². The van der Waals surface area contributed by atoms with Gasteiger partial charge in [-0.05, 0) is 29.8 Å². The summed E-state index contributed by atoms with van der Waals surface area (Å²) in [4.78, 5) is 1.54. The van der Waals surface area contributed by atoms with Crippen LogP contribution in [0.5, 0.6) is 0 Å². The van der Waals surface area contributed by atoms with Gasteiger partial charge in [0.15, 0.2) is 0 Å². The summed E-state index contributed by atoms with van der Waals surface area (Å²) in [5.41, 5.74) is 2.52. The number of hydrogen-bond donors (Lipinski definition) is 1. The van der Waals surface area contributed by atoms with E-state index in [0.717, 1.165) is 21.1 Å². The highest BCUT2D eigenvalue weighted by molar-refractivity contribution is 9.10. The summed E-state index contributed by atoms with van der Waals surface area (Å²) in [7, 11) is 0. The standard InChI is InChI=1S/C14H12BrN3O/c15-11-5-3-4-10(8-11)14(19)9-18-16-12-6-1-2-7-13(12)17-18/h1-8,14,19H,9H2/t14-/m0/s1. The van der Waals surface area contributed by atoms with Crippen LogP contribution >= 0.6 is 15.9 Å². The van der Waals surface area contributed by atoms with Crippen LogP contribution in [0.1, 0.15) is 11.7 Å². The van der Waals surface area contributed by atoms with Crippen LogP contribution in [0, 0.1) is 0 Å². The van der Waals surface area contributed by atoms with Crippen LogP contribution < -0.4 is 0 Å². The van der Waals surface area contributed by atoms with Crippen molar-refractivity contribution in [1.29, 1.82) is 0 Å². The molecule has 0 unspecified atom stereocenters. The summed E-state index contributed by atoms with van der Waals surface area (Å²) in [5.74, 6) is 0. The number of fused-ring (bicyclic) bond motifs is 1. The monoisotopic (exact) mass is 317 g/mol. The zero-order chi connectivity index (χ0) is 13.2. The molecule has 1 atom stereocenters. The van der Waals surface area contributed by atoms with E-state index in [1.165, 1.54) is 4.80 Å². The van der Waals surface area contributed by atoms with Gasteiger partial charge >= 0.3 is 0 Å². The molecule has 4 nitrogen and oxygen atoms in total. The van der Waals surface area contributed by atoms with Crippen LogP contribution in [-0.4, -0.2) is 20.1 Å². The minimum absolute atomic E-state index is 0.338. The molecule has 1 N–H and O–H groups in total. The number of aromatic nitrogens is 3. The Morgan fingerprint density at radius 1 is 1.05 bits per heavy atom. The first-order chi connectivity index (χ1) is 9.22. The Hall–Kier alpha value is -1.72. The number of aliphatic hydroxyl groups is 1. The molecule has 0 radical (unpaired) electrons. The van der Waals surface area contributed by atoms with Crippen LogP contribution in [0.3, 0.4) is 0 Å². The van der Waals surface area contributed by atoms with Crippen LogP contribution in [0.25, 0.3) is 11.0 Å². The van der Waals surface area contributed by atoms with E-state index in [9.17, 15) is 5.11 Å². The summed E-state index contributed by atoms with van der Waals surface area (Å²) in [6.45, 7) is 0.338. The molecule has 1 aromatic heterocycles. The lowest BCUT2D eigenvalue weighted by Gasteiger charge is -2.10.